The molecule has 0 aliphatic heterocycles. The van der Waals surface area contributed by atoms with Crippen LogP contribution in [0.1, 0.15) is 0 Å². The molecule has 0 radical (unpaired) electrons. The maximum atomic E-state index is 9.12. The van der Waals surface area contributed by atoms with Crippen LogP contribution in [0.25, 0.3) is 0 Å². The Morgan fingerprint density at radius 2 is 0.929 bits per heavy atom. The van der Waals surface area contributed by atoms with Crippen molar-refractivity contribution >= 4 is 0 Å². The standard InChI is InChI=1S/2C5H9N2.2CHN2O4/c2*1-6-3-4-7(2)5-6;2*4-2(5)1-3(6)7/h2*3-5H,1-2H3;2*1H/q2*+1;2*-1. The van der Waals surface area contributed by atoms with E-state index in [-0.39, 0.29) is 13.3 Å². The lowest BCUT2D eigenvalue weighted by Crippen LogP contribution is -2.23. The zero-order chi connectivity index (χ0) is 22.3. The van der Waals surface area contributed by atoms with Gasteiger partial charge in [-0.05, 0) is 19.7 Å². The van der Waals surface area contributed by atoms with Crippen LogP contribution >= 0.6 is 0 Å². The molecule has 0 amide bonds. The summed E-state index contributed by atoms with van der Waals surface area (Å²) in [5, 5.41) is 36.5. The van der Waals surface area contributed by atoms with Gasteiger partial charge in [-0.25, -0.2) is 18.3 Å². The first-order chi connectivity index (χ1) is 12.8. The van der Waals surface area contributed by atoms with Crippen molar-refractivity contribution in [2.75, 3.05) is 0 Å². The van der Waals surface area contributed by atoms with E-state index < -0.39 is 19.7 Å². The minimum absolute atomic E-state index is 0.222. The summed E-state index contributed by atoms with van der Waals surface area (Å²) in [6.45, 7) is -0.444. The highest BCUT2D eigenvalue weighted by Crippen LogP contribution is 1.75. The summed E-state index contributed by atoms with van der Waals surface area (Å²) in [4.78, 5) is 32.0. The van der Waals surface area contributed by atoms with E-state index in [0.29, 0.717) is 0 Å². The molecule has 2 aromatic heterocycles. The molecule has 0 saturated heterocycles. The average molecular weight is 404 g/mol. The van der Waals surface area contributed by atoms with Crippen molar-refractivity contribution in [3.63, 3.8) is 0 Å². The molecule has 2 aromatic rings. The zero-order valence-corrected chi connectivity index (χ0v) is 15.5. The van der Waals surface area contributed by atoms with Gasteiger partial charge in [-0.3, -0.25) is 40.5 Å². The number of hydrogen-bond donors (Lipinski definition) is 0. The summed E-state index contributed by atoms with van der Waals surface area (Å²) >= 11 is 0. The van der Waals surface area contributed by atoms with Crippen LogP contribution < -0.4 is 9.13 Å². The molecule has 0 fully saturated rings. The predicted molar refractivity (Wildman–Crippen MR) is 89.8 cm³/mol. The zero-order valence-electron chi connectivity index (χ0n) is 15.5. The minimum atomic E-state index is -1.12. The van der Waals surface area contributed by atoms with Gasteiger partial charge in [0, 0.05) is 0 Å². The summed E-state index contributed by atoms with van der Waals surface area (Å²) in [5.41, 5.74) is 0. The molecule has 0 aliphatic rings. The second kappa shape index (κ2) is 14.0. The Labute approximate surface area is 158 Å². The van der Waals surface area contributed by atoms with Crippen molar-refractivity contribution in [2.45, 2.75) is 0 Å². The van der Waals surface area contributed by atoms with Crippen LogP contribution in [0.2, 0.25) is 0 Å². The molecule has 0 aromatic carbocycles. The first-order valence-corrected chi connectivity index (χ1v) is 7.01. The molecule has 0 saturated carbocycles. The Morgan fingerprint density at radius 1 is 0.679 bits per heavy atom. The molecule has 2 rings (SSSR count). The molecule has 16 nitrogen and oxygen atoms in total. The lowest BCUT2D eigenvalue weighted by molar-refractivity contribution is -0.671. The highest BCUT2D eigenvalue weighted by molar-refractivity contribution is 4.61. The van der Waals surface area contributed by atoms with Gasteiger partial charge in [-0.1, -0.05) is 0 Å². The predicted octanol–water partition coefficient (Wildman–Crippen LogP) is -0.983. The van der Waals surface area contributed by atoms with Crippen LogP contribution in [-0.2, 0) is 28.2 Å². The summed E-state index contributed by atoms with van der Waals surface area (Å²) < 4.78 is 8.00. The van der Waals surface area contributed by atoms with Crippen LogP contribution in [0.3, 0.4) is 0 Å². The van der Waals surface area contributed by atoms with E-state index in [4.69, 9.17) is 40.5 Å². The van der Waals surface area contributed by atoms with Gasteiger partial charge in [-0.15, -0.1) is 0 Å². The van der Waals surface area contributed by atoms with Crippen LogP contribution in [0.4, 0.5) is 0 Å². The summed E-state index contributed by atoms with van der Waals surface area (Å²) in [5.74, 6) is 0. The van der Waals surface area contributed by atoms with E-state index in [0.717, 1.165) is 0 Å². The molecule has 0 spiro atoms. The Bertz CT molecular complexity index is 650. The largest absolute Gasteiger partial charge is 0.289 e. The Hall–Kier alpha value is -4.24. The molecule has 28 heavy (non-hydrogen) atoms. The smallest absolute Gasteiger partial charge is 0.253 e. The second-order valence-corrected chi connectivity index (χ2v) is 4.86. The van der Waals surface area contributed by atoms with Gasteiger partial charge in [0.25, 0.3) is 13.3 Å². The third-order valence-corrected chi connectivity index (χ3v) is 2.18. The number of nitro groups is 4. The molecule has 0 unspecified atom stereocenters. The first-order valence-electron chi connectivity index (χ1n) is 7.01. The number of aryl methyl sites for hydroxylation is 4. The van der Waals surface area contributed by atoms with Crippen molar-refractivity contribution < 1.29 is 28.8 Å². The van der Waals surface area contributed by atoms with Crippen molar-refractivity contribution in [3.8, 4) is 0 Å². The summed E-state index contributed by atoms with van der Waals surface area (Å²) in [6.07, 6.45) is 12.0. The van der Waals surface area contributed by atoms with Gasteiger partial charge in [-0.2, -0.15) is 0 Å². The van der Waals surface area contributed by atoms with Gasteiger partial charge in [0.05, 0.1) is 28.2 Å². The van der Waals surface area contributed by atoms with Crippen LogP contribution in [-0.4, -0.2) is 28.8 Å². The molecule has 2 heterocycles. The monoisotopic (exact) mass is 404 g/mol. The average Bonchev–Trinajstić information content (AvgIpc) is 3.05. The second-order valence-electron chi connectivity index (χ2n) is 4.86. The normalized spacial score (nSPS) is 8.43. The van der Waals surface area contributed by atoms with E-state index in [1.165, 1.54) is 0 Å². The Balaban J connectivity index is 0. The van der Waals surface area contributed by atoms with E-state index in [9.17, 15) is 0 Å². The third-order valence-electron chi connectivity index (χ3n) is 2.18. The maximum Gasteiger partial charge on any atom is 0.253 e. The Morgan fingerprint density at radius 3 is 0.964 bits per heavy atom. The van der Waals surface area contributed by atoms with Crippen molar-refractivity contribution in [2.24, 2.45) is 28.2 Å². The Kier molecular flexibility index (Phi) is 13.0. The number of hydrogen-bond acceptors (Lipinski definition) is 8. The van der Waals surface area contributed by atoms with E-state index in [1.807, 2.05) is 83.9 Å². The molecular weight excluding hydrogens is 384 g/mol. The number of rotatable bonds is 4. The molecular formula is C12H20N8O8. The maximum absolute atomic E-state index is 9.12. The molecule has 0 bridgehead atoms. The topological polar surface area (TPSA) is 190 Å². The number of imidazole rings is 2. The quantitative estimate of drug-likeness (QED) is 0.268. The highest BCUT2D eigenvalue weighted by atomic mass is 16.7. The first kappa shape index (κ1) is 26.0. The lowest BCUT2D eigenvalue weighted by Gasteiger charge is -1.90. The molecule has 0 aliphatic carbocycles. The van der Waals surface area contributed by atoms with E-state index in [2.05, 4.69) is 0 Å². The summed E-state index contributed by atoms with van der Waals surface area (Å²) in [6, 6.07) is 0. The third kappa shape index (κ3) is 19.8. The van der Waals surface area contributed by atoms with Gasteiger partial charge >= 0.3 is 0 Å². The lowest BCUT2D eigenvalue weighted by atomic mass is 10.9. The van der Waals surface area contributed by atoms with Crippen LogP contribution in [0.5, 0.6) is 0 Å². The fourth-order valence-corrected chi connectivity index (χ4v) is 1.30. The van der Waals surface area contributed by atoms with Gasteiger partial charge in [0.1, 0.15) is 24.8 Å². The summed E-state index contributed by atoms with van der Waals surface area (Å²) in [7, 11) is 8.00. The highest BCUT2D eigenvalue weighted by Gasteiger charge is 1.90. The van der Waals surface area contributed by atoms with Gasteiger partial charge in [0.15, 0.2) is 0 Å². The molecule has 16 heteroatoms. The van der Waals surface area contributed by atoms with Crippen LogP contribution in [0.15, 0.2) is 37.4 Å². The van der Waals surface area contributed by atoms with Crippen LogP contribution in [0, 0.1) is 53.8 Å². The van der Waals surface area contributed by atoms with Gasteiger partial charge in [0.2, 0.25) is 12.7 Å². The fourth-order valence-electron chi connectivity index (χ4n) is 1.30. The number of aromatic nitrogens is 4. The van der Waals surface area contributed by atoms with Crippen molar-refractivity contribution in [3.05, 3.63) is 91.2 Å². The van der Waals surface area contributed by atoms with E-state index >= 15 is 0 Å². The van der Waals surface area contributed by atoms with Crippen molar-refractivity contribution in [1.82, 2.24) is 9.13 Å². The fraction of sp³-hybridized carbons (Fsp3) is 0.333. The van der Waals surface area contributed by atoms with Crippen molar-refractivity contribution in [1.29, 1.82) is 0 Å². The van der Waals surface area contributed by atoms with Gasteiger partial charge < -0.3 is 0 Å². The minimum Gasteiger partial charge on any atom is -0.289 e. The number of nitrogens with zero attached hydrogens (tertiary/aromatic N) is 8. The van der Waals surface area contributed by atoms with E-state index in [1.54, 1.807) is 0 Å². The molecule has 0 atom stereocenters. The molecule has 0 N–H and O–H groups in total. The SMILES string of the molecule is Cn1cc[n+](C)c1.Cn1cc[n+](C)c1.O=[N+]([O-])[CH-][N+](=O)[O-].O=[N+]([O-])[CH-][N+](=O)[O-]. The molecule has 156 valence electrons.